The second-order valence-electron chi connectivity index (χ2n) is 25.3. The number of carbonyl (C=O) groups is 4. The number of hydrogen-bond donors (Lipinski definition) is 3. The van der Waals surface area contributed by atoms with Gasteiger partial charge in [-0.2, -0.15) is 0 Å². The van der Waals surface area contributed by atoms with Crippen LogP contribution in [0.4, 0.5) is 0 Å². The molecule has 0 bridgehead atoms. The minimum absolute atomic E-state index is 0.107. The van der Waals surface area contributed by atoms with Gasteiger partial charge in [-0.05, 0) is 25.7 Å². The Hall–Kier alpha value is -1.94. The summed E-state index contributed by atoms with van der Waals surface area (Å²) in [4.78, 5) is 72.3. The lowest BCUT2D eigenvalue weighted by Gasteiger charge is -2.21. The van der Waals surface area contributed by atoms with E-state index in [1.54, 1.807) is 0 Å². The van der Waals surface area contributed by atoms with E-state index in [9.17, 15) is 43.2 Å². The van der Waals surface area contributed by atoms with Crippen molar-refractivity contribution in [2.24, 2.45) is 0 Å². The number of phosphoric ester groups is 2. The molecular formula is C70H136O17P2. The van der Waals surface area contributed by atoms with Gasteiger partial charge in [0.1, 0.15) is 19.3 Å². The number of ether oxygens (including phenoxy) is 4. The smallest absolute Gasteiger partial charge is 0.462 e. The minimum atomic E-state index is -4.95. The van der Waals surface area contributed by atoms with E-state index >= 15 is 0 Å². The average molecular weight is 1310 g/mol. The number of carbonyl (C=O) groups excluding carboxylic acids is 4. The summed E-state index contributed by atoms with van der Waals surface area (Å²) in [6, 6.07) is 0. The molecule has 0 aliphatic heterocycles. The van der Waals surface area contributed by atoms with Crippen LogP contribution in [0.1, 0.15) is 368 Å². The molecule has 17 nitrogen and oxygen atoms in total. The molecule has 0 fully saturated rings. The molecule has 0 aromatic heterocycles. The number of esters is 4. The molecule has 2 unspecified atom stereocenters. The summed E-state index contributed by atoms with van der Waals surface area (Å²) >= 11 is 0. The first-order valence-electron chi connectivity index (χ1n) is 36.8. The highest BCUT2D eigenvalue weighted by Crippen LogP contribution is 2.45. The zero-order valence-electron chi connectivity index (χ0n) is 57.4. The van der Waals surface area contributed by atoms with Gasteiger partial charge in [0, 0.05) is 25.7 Å². The van der Waals surface area contributed by atoms with E-state index in [1.807, 2.05) is 0 Å². The highest BCUT2D eigenvalue weighted by atomic mass is 31.2. The van der Waals surface area contributed by atoms with E-state index in [0.717, 1.165) is 96.3 Å². The van der Waals surface area contributed by atoms with Crippen LogP contribution in [0.15, 0.2) is 0 Å². The quantitative estimate of drug-likeness (QED) is 0.0222. The number of unbranched alkanes of at least 4 members (excludes halogenated alkanes) is 45. The molecule has 0 rings (SSSR count). The fourth-order valence-corrected chi connectivity index (χ4v) is 12.3. The third-order valence-electron chi connectivity index (χ3n) is 16.4. The lowest BCUT2D eigenvalue weighted by molar-refractivity contribution is -0.161. The summed E-state index contributed by atoms with van der Waals surface area (Å²) in [5.74, 6) is -2.13. The predicted octanol–water partition coefficient (Wildman–Crippen LogP) is 20.3. The van der Waals surface area contributed by atoms with E-state index in [1.165, 1.54) is 193 Å². The van der Waals surface area contributed by atoms with Crippen LogP contribution >= 0.6 is 15.6 Å². The Morgan fingerprint density at radius 2 is 0.449 bits per heavy atom. The van der Waals surface area contributed by atoms with Crippen LogP contribution in [0.3, 0.4) is 0 Å². The van der Waals surface area contributed by atoms with Crippen molar-refractivity contribution in [2.45, 2.75) is 386 Å². The van der Waals surface area contributed by atoms with Gasteiger partial charge >= 0.3 is 39.5 Å². The van der Waals surface area contributed by atoms with Crippen molar-refractivity contribution in [1.82, 2.24) is 0 Å². The molecule has 0 spiro atoms. The SMILES string of the molecule is CCCCCCCCCCCCCCCCCCCC(=O)O[C@H](COC(=O)CCCCCCCCCCCCCCCCC)COP(=O)(O)OC[C@@H](O)COP(=O)(O)OC[C@@H](COC(=O)CCCCCCC)OC(=O)CCCCCCCCCCCCCC. The molecule has 0 aromatic carbocycles. The summed E-state index contributed by atoms with van der Waals surface area (Å²) in [5, 5.41) is 10.6. The second-order valence-corrected chi connectivity index (χ2v) is 28.2. The molecule has 0 saturated heterocycles. The fourth-order valence-electron chi connectivity index (χ4n) is 10.7. The topological polar surface area (TPSA) is 237 Å². The summed E-state index contributed by atoms with van der Waals surface area (Å²) in [6.07, 6.45) is 53.0. The van der Waals surface area contributed by atoms with Crippen molar-refractivity contribution in [2.75, 3.05) is 39.6 Å². The third-order valence-corrected chi connectivity index (χ3v) is 18.3. The predicted molar refractivity (Wildman–Crippen MR) is 359 cm³/mol. The number of rotatable bonds is 71. The van der Waals surface area contributed by atoms with E-state index in [0.29, 0.717) is 25.7 Å². The van der Waals surface area contributed by atoms with Gasteiger partial charge in [-0.3, -0.25) is 37.3 Å². The second kappa shape index (κ2) is 64.8. The first-order chi connectivity index (χ1) is 43.2. The molecule has 528 valence electrons. The van der Waals surface area contributed by atoms with Crippen LogP contribution in [0.2, 0.25) is 0 Å². The van der Waals surface area contributed by atoms with Crippen LogP contribution in [0, 0.1) is 0 Å². The largest absolute Gasteiger partial charge is 0.472 e. The molecule has 5 atom stereocenters. The van der Waals surface area contributed by atoms with Crippen molar-refractivity contribution in [1.29, 1.82) is 0 Å². The summed E-state index contributed by atoms with van der Waals surface area (Å²) < 4.78 is 68.1. The van der Waals surface area contributed by atoms with Crippen LogP contribution < -0.4 is 0 Å². The molecule has 3 N–H and O–H groups in total. The van der Waals surface area contributed by atoms with Crippen LogP contribution in [-0.2, 0) is 65.4 Å². The third kappa shape index (κ3) is 64.6. The maximum absolute atomic E-state index is 13.0. The van der Waals surface area contributed by atoms with Gasteiger partial charge in [0.05, 0.1) is 26.4 Å². The molecule has 0 aliphatic carbocycles. The monoisotopic (exact) mass is 1310 g/mol. The zero-order chi connectivity index (χ0) is 65.4. The normalized spacial score (nSPS) is 14.0. The van der Waals surface area contributed by atoms with E-state index in [4.69, 9.17) is 37.0 Å². The van der Waals surface area contributed by atoms with Crippen molar-refractivity contribution >= 4 is 39.5 Å². The Kier molecular flexibility index (Phi) is 63.3. The highest BCUT2D eigenvalue weighted by molar-refractivity contribution is 7.47. The van der Waals surface area contributed by atoms with Gasteiger partial charge in [0.25, 0.3) is 0 Å². The number of aliphatic hydroxyl groups is 1. The Labute approximate surface area is 543 Å². The van der Waals surface area contributed by atoms with E-state index < -0.39 is 97.5 Å². The Balaban J connectivity index is 5.15. The summed E-state index contributed by atoms with van der Waals surface area (Å²) in [6.45, 7) is 4.87. The van der Waals surface area contributed by atoms with Crippen LogP contribution in [0.25, 0.3) is 0 Å². The molecule has 0 heterocycles. The van der Waals surface area contributed by atoms with E-state index in [2.05, 4.69) is 27.7 Å². The molecule has 0 saturated carbocycles. The Morgan fingerprint density at radius 3 is 0.663 bits per heavy atom. The number of aliphatic hydroxyl groups excluding tert-OH is 1. The van der Waals surface area contributed by atoms with Gasteiger partial charge in [0.2, 0.25) is 0 Å². The van der Waals surface area contributed by atoms with Crippen molar-refractivity contribution < 1.29 is 80.2 Å². The van der Waals surface area contributed by atoms with Gasteiger partial charge < -0.3 is 33.8 Å². The van der Waals surface area contributed by atoms with E-state index in [-0.39, 0.29) is 25.7 Å². The molecule has 19 heteroatoms. The van der Waals surface area contributed by atoms with Crippen molar-refractivity contribution in [3.05, 3.63) is 0 Å². The maximum atomic E-state index is 13.0. The first-order valence-corrected chi connectivity index (χ1v) is 39.8. The molecule has 0 aromatic rings. The fraction of sp³-hybridized carbons (Fsp3) is 0.943. The minimum Gasteiger partial charge on any atom is -0.462 e. The van der Waals surface area contributed by atoms with Gasteiger partial charge in [-0.25, -0.2) is 9.13 Å². The zero-order valence-corrected chi connectivity index (χ0v) is 59.2. The summed E-state index contributed by atoms with van der Waals surface area (Å²) in [7, 11) is -9.89. The molecular weight excluding hydrogens is 1170 g/mol. The highest BCUT2D eigenvalue weighted by Gasteiger charge is 2.30. The number of hydrogen-bond acceptors (Lipinski definition) is 15. The first kappa shape index (κ1) is 87.1. The van der Waals surface area contributed by atoms with Gasteiger partial charge in [-0.1, -0.05) is 317 Å². The van der Waals surface area contributed by atoms with Crippen LogP contribution in [-0.4, -0.2) is 96.7 Å². The lowest BCUT2D eigenvalue weighted by atomic mass is 10.0. The Morgan fingerprint density at radius 1 is 0.270 bits per heavy atom. The average Bonchev–Trinajstić information content (AvgIpc) is 3.72. The summed E-state index contributed by atoms with van der Waals surface area (Å²) in [5.41, 5.74) is 0. The standard InChI is InChI=1S/C70H136O17P2/c1-5-9-13-17-20-23-26-29-31-32-34-36-39-42-45-49-53-57-70(75)87-66(61-81-68(73)55-51-47-43-40-38-35-33-30-27-24-21-18-14-10-6-2)63-85-89(78,79)83-59-64(71)58-82-88(76,77)84-62-65(60-80-67(72)54-50-46-16-12-8-4)86-69(74)56-52-48-44-41-37-28-25-22-19-15-11-7-3/h64-66,71H,5-63H2,1-4H3,(H,76,77)(H,78,79)/t64-,65+,66+/m0/s1. The number of phosphoric acid groups is 2. The Bertz CT molecular complexity index is 1710. The maximum Gasteiger partial charge on any atom is 0.472 e. The van der Waals surface area contributed by atoms with Crippen LogP contribution in [0.5, 0.6) is 0 Å². The van der Waals surface area contributed by atoms with Crippen molar-refractivity contribution in [3.8, 4) is 0 Å². The molecule has 0 radical (unpaired) electrons. The van der Waals surface area contributed by atoms with Gasteiger partial charge in [-0.15, -0.1) is 0 Å². The van der Waals surface area contributed by atoms with Crippen molar-refractivity contribution in [3.63, 3.8) is 0 Å². The molecule has 89 heavy (non-hydrogen) atoms. The molecule has 0 amide bonds. The van der Waals surface area contributed by atoms with Gasteiger partial charge in [0.15, 0.2) is 12.2 Å². The molecule has 0 aliphatic rings. The lowest BCUT2D eigenvalue weighted by Crippen LogP contribution is -2.30.